The minimum atomic E-state index is 0.195. The van der Waals surface area contributed by atoms with Gasteiger partial charge in [0, 0.05) is 24.4 Å². The number of hydrogen-bond acceptors (Lipinski definition) is 4. The molecule has 3 nitrogen and oxygen atoms in total. The molecule has 1 aromatic carbocycles. The fraction of sp³-hybridized carbons (Fsp3) is 0.438. The van der Waals surface area contributed by atoms with Crippen LogP contribution in [0.25, 0.3) is 6.08 Å². The van der Waals surface area contributed by atoms with E-state index in [0.717, 1.165) is 28.5 Å². The van der Waals surface area contributed by atoms with Gasteiger partial charge in [-0.2, -0.15) is 0 Å². The number of ether oxygens (including phenoxy) is 1. The van der Waals surface area contributed by atoms with Crippen LogP contribution in [0, 0.1) is 0 Å². The summed E-state index contributed by atoms with van der Waals surface area (Å²) in [7, 11) is 1.56. The maximum Gasteiger partial charge on any atom is 0.161 e. The Morgan fingerprint density at radius 2 is 2.05 bits per heavy atom. The summed E-state index contributed by atoms with van der Waals surface area (Å²) >= 11 is 6.99. The summed E-state index contributed by atoms with van der Waals surface area (Å²) < 4.78 is 6.09. The molecular formula is C16H23NO2S2. The number of thioether (sulfide) groups is 1. The third-order valence-electron chi connectivity index (χ3n) is 3.13. The lowest BCUT2D eigenvalue weighted by atomic mass is 10.1. The van der Waals surface area contributed by atoms with Gasteiger partial charge in [-0.25, -0.2) is 0 Å². The van der Waals surface area contributed by atoms with Gasteiger partial charge in [0.2, 0.25) is 0 Å². The van der Waals surface area contributed by atoms with E-state index in [0.29, 0.717) is 11.5 Å². The Balaban J connectivity index is 2.91. The van der Waals surface area contributed by atoms with Gasteiger partial charge in [-0.3, -0.25) is 0 Å². The molecule has 1 N–H and O–H groups in total. The fourth-order valence-electron chi connectivity index (χ4n) is 1.96. The molecule has 0 spiro atoms. The second-order valence-electron chi connectivity index (χ2n) is 4.46. The predicted octanol–water partition coefficient (Wildman–Crippen LogP) is 4.29. The average molecular weight is 325 g/mol. The monoisotopic (exact) mass is 325 g/mol. The van der Waals surface area contributed by atoms with Crippen molar-refractivity contribution in [1.29, 1.82) is 0 Å². The van der Waals surface area contributed by atoms with Crippen molar-refractivity contribution in [3.05, 3.63) is 29.3 Å². The molecule has 0 bridgehead atoms. The zero-order valence-electron chi connectivity index (χ0n) is 13.0. The Morgan fingerprint density at radius 1 is 1.38 bits per heavy atom. The summed E-state index contributed by atoms with van der Waals surface area (Å²) in [5.74, 6) is 1.32. The highest BCUT2D eigenvalue weighted by Gasteiger charge is 2.12. The number of hydrogen-bond donors (Lipinski definition) is 1. The molecule has 116 valence electrons. The summed E-state index contributed by atoms with van der Waals surface area (Å²) in [5, 5.41) is 10.2. The molecule has 0 saturated carbocycles. The van der Waals surface area contributed by atoms with E-state index in [9.17, 15) is 5.11 Å². The van der Waals surface area contributed by atoms with Crippen LogP contribution in [0.15, 0.2) is 18.2 Å². The molecule has 1 rings (SSSR count). The van der Waals surface area contributed by atoms with Gasteiger partial charge in [0.05, 0.1) is 7.11 Å². The average Bonchev–Trinajstić information content (AvgIpc) is 2.48. The van der Waals surface area contributed by atoms with E-state index in [1.807, 2.05) is 31.2 Å². The highest BCUT2D eigenvalue weighted by atomic mass is 32.2. The van der Waals surface area contributed by atoms with Gasteiger partial charge in [-0.1, -0.05) is 36.1 Å². The smallest absolute Gasteiger partial charge is 0.161 e. The van der Waals surface area contributed by atoms with Crippen LogP contribution in [0.3, 0.4) is 0 Å². The van der Waals surface area contributed by atoms with Crippen molar-refractivity contribution >= 4 is 34.4 Å². The molecule has 0 aliphatic rings. The number of aromatic hydroxyl groups is 1. The Morgan fingerprint density at radius 3 is 2.57 bits per heavy atom. The van der Waals surface area contributed by atoms with Crippen molar-refractivity contribution < 1.29 is 9.84 Å². The van der Waals surface area contributed by atoms with E-state index in [1.54, 1.807) is 18.9 Å². The van der Waals surface area contributed by atoms with E-state index in [1.165, 1.54) is 0 Å². The number of rotatable bonds is 6. The predicted molar refractivity (Wildman–Crippen MR) is 96.2 cm³/mol. The highest BCUT2D eigenvalue weighted by molar-refractivity contribution is 8.22. The Kier molecular flexibility index (Phi) is 7.61. The number of phenols is 1. The van der Waals surface area contributed by atoms with E-state index in [4.69, 9.17) is 17.0 Å². The number of thiocarbonyl (C=S) groups is 1. The summed E-state index contributed by atoms with van der Waals surface area (Å²) in [6, 6.07) is 3.79. The van der Waals surface area contributed by atoms with Crippen LogP contribution in [0.4, 0.5) is 0 Å². The Bertz CT molecular complexity index is 511. The van der Waals surface area contributed by atoms with Crippen molar-refractivity contribution in [1.82, 2.24) is 4.90 Å². The zero-order valence-corrected chi connectivity index (χ0v) is 14.7. The van der Waals surface area contributed by atoms with Crippen LogP contribution >= 0.6 is 24.0 Å². The van der Waals surface area contributed by atoms with Gasteiger partial charge in [-0.05, 0) is 38.5 Å². The van der Waals surface area contributed by atoms with Crippen molar-refractivity contribution in [3.63, 3.8) is 0 Å². The lowest BCUT2D eigenvalue weighted by molar-refractivity contribution is 0.371. The largest absolute Gasteiger partial charge is 0.504 e. The van der Waals surface area contributed by atoms with Crippen LogP contribution in [0.5, 0.6) is 11.5 Å². The second-order valence-corrected chi connectivity index (χ2v) is 6.07. The third-order valence-corrected chi connectivity index (χ3v) is 4.70. The normalized spacial score (nSPS) is 10.9. The molecule has 0 unspecified atom stereocenters. The zero-order chi connectivity index (χ0) is 15.8. The lowest BCUT2D eigenvalue weighted by Crippen LogP contribution is -2.26. The summed E-state index contributed by atoms with van der Waals surface area (Å²) in [4.78, 5) is 2.13. The summed E-state index contributed by atoms with van der Waals surface area (Å²) in [5.41, 5.74) is 1.85. The van der Waals surface area contributed by atoms with E-state index < -0.39 is 0 Å². The number of allylic oxidation sites excluding steroid dienone is 1. The summed E-state index contributed by atoms with van der Waals surface area (Å²) in [6.07, 6.45) is 3.95. The van der Waals surface area contributed by atoms with Crippen LogP contribution in [-0.4, -0.2) is 34.5 Å². The van der Waals surface area contributed by atoms with Gasteiger partial charge in [0.15, 0.2) is 11.5 Å². The molecule has 0 radical (unpaired) electrons. The molecule has 0 fully saturated rings. The third kappa shape index (κ3) is 4.93. The van der Waals surface area contributed by atoms with Crippen LogP contribution in [0.2, 0.25) is 0 Å². The molecule has 0 atom stereocenters. The standard InChI is InChI=1S/C16H23NO2S2/c1-5-8-12-9-13(15(18)14(10-12)19-4)11-21-16(20)17(6-2)7-3/h5,8-10,18H,6-7,11H2,1-4H3. The van der Waals surface area contributed by atoms with Gasteiger partial charge in [-0.15, -0.1) is 0 Å². The molecule has 0 aliphatic heterocycles. The van der Waals surface area contributed by atoms with Crippen LogP contribution < -0.4 is 4.74 Å². The van der Waals surface area contributed by atoms with Crippen LogP contribution in [0.1, 0.15) is 31.9 Å². The molecular weight excluding hydrogens is 302 g/mol. The Labute approximate surface area is 137 Å². The molecule has 0 saturated heterocycles. The van der Waals surface area contributed by atoms with E-state index in [2.05, 4.69) is 18.7 Å². The topological polar surface area (TPSA) is 32.7 Å². The summed E-state index contributed by atoms with van der Waals surface area (Å²) in [6.45, 7) is 7.93. The fourth-order valence-corrected chi connectivity index (χ4v) is 3.33. The van der Waals surface area contributed by atoms with Gasteiger partial charge in [0.25, 0.3) is 0 Å². The number of benzene rings is 1. The van der Waals surface area contributed by atoms with Crippen molar-refractivity contribution in [3.8, 4) is 11.5 Å². The quantitative estimate of drug-likeness (QED) is 0.789. The van der Waals surface area contributed by atoms with Crippen molar-refractivity contribution in [2.75, 3.05) is 20.2 Å². The lowest BCUT2D eigenvalue weighted by Gasteiger charge is -2.21. The minimum absolute atomic E-state index is 0.195. The molecule has 5 heteroatoms. The maximum atomic E-state index is 10.2. The van der Waals surface area contributed by atoms with Gasteiger partial charge < -0.3 is 14.7 Å². The van der Waals surface area contributed by atoms with E-state index >= 15 is 0 Å². The first-order chi connectivity index (χ1) is 10.1. The first-order valence-electron chi connectivity index (χ1n) is 7.01. The van der Waals surface area contributed by atoms with Crippen molar-refractivity contribution in [2.24, 2.45) is 0 Å². The van der Waals surface area contributed by atoms with Gasteiger partial charge in [0.1, 0.15) is 4.32 Å². The highest BCUT2D eigenvalue weighted by Crippen LogP contribution is 2.34. The second kappa shape index (κ2) is 8.95. The molecule has 1 aromatic rings. The number of nitrogens with zero attached hydrogens (tertiary/aromatic N) is 1. The first kappa shape index (κ1) is 17.9. The number of phenolic OH excluding ortho intramolecular Hbond substituents is 1. The molecule has 0 heterocycles. The molecule has 0 amide bonds. The van der Waals surface area contributed by atoms with Gasteiger partial charge >= 0.3 is 0 Å². The molecule has 0 aromatic heterocycles. The maximum absolute atomic E-state index is 10.2. The number of methoxy groups -OCH3 is 1. The van der Waals surface area contributed by atoms with E-state index in [-0.39, 0.29) is 5.75 Å². The SMILES string of the molecule is CC=Cc1cc(CSC(=S)N(CC)CC)c(O)c(OC)c1. The molecule has 21 heavy (non-hydrogen) atoms. The van der Waals surface area contributed by atoms with Crippen LogP contribution in [-0.2, 0) is 5.75 Å². The first-order valence-corrected chi connectivity index (χ1v) is 8.40. The molecule has 0 aliphatic carbocycles. The Hall–Kier alpha value is -1.20. The van der Waals surface area contributed by atoms with Crippen molar-refractivity contribution in [2.45, 2.75) is 26.5 Å². The minimum Gasteiger partial charge on any atom is -0.504 e.